The lowest BCUT2D eigenvalue weighted by molar-refractivity contribution is -0.159. The van der Waals surface area contributed by atoms with E-state index in [-0.39, 0.29) is 38.1 Å². The minimum absolute atomic E-state index is 0.142. The molecule has 8 nitrogen and oxygen atoms in total. The first-order valence-corrected chi connectivity index (χ1v) is 14.1. The second kappa shape index (κ2) is 11.8. The topological polar surface area (TPSA) is 96.4 Å². The van der Waals surface area contributed by atoms with Gasteiger partial charge in [0.1, 0.15) is 17.6 Å². The molecule has 0 aliphatic carbocycles. The Morgan fingerprint density at radius 3 is 2.69 bits per heavy atom. The van der Waals surface area contributed by atoms with Crippen molar-refractivity contribution in [2.75, 3.05) is 31.2 Å². The summed E-state index contributed by atoms with van der Waals surface area (Å²) in [5, 5.41) is 9.99. The van der Waals surface area contributed by atoms with Gasteiger partial charge in [-0.05, 0) is 64.0 Å². The van der Waals surface area contributed by atoms with Crippen LogP contribution in [0.5, 0.6) is 0 Å². The number of benzene rings is 1. The molecule has 3 saturated heterocycles. The van der Waals surface area contributed by atoms with Crippen LogP contribution in [0.1, 0.15) is 51.0 Å². The van der Waals surface area contributed by atoms with E-state index >= 15 is 0 Å². The van der Waals surface area contributed by atoms with Gasteiger partial charge in [-0.15, -0.1) is 13.2 Å². The monoisotopic (exact) mass is 558 g/mol. The number of esters is 1. The Balaban J connectivity index is 1.72. The number of likely N-dealkylation sites (tertiary alicyclic amines) is 1. The normalized spacial score (nSPS) is 28.9. The van der Waals surface area contributed by atoms with Crippen molar-refractivity contribution < 1.29 is 29.0 Å². The second-order valence-corrected chi connectivity index (χ2v) is 11.3. The van der Waals surface area contributed by atoms with Crippen molar-refractivity contribution in [2.24, 2.45) is 11.8 Å². The maximum absolute atomic E-state index is 14.5. The van der Waals surface area contributed by atoms with Gasteiger partial charge in [0.2, 0.25) is 5.91 Å². The molecule has 0 radical (unpaired) electrons. The van der Waals surface area contributed by atoms with E-state index in [1.165, 1.54) is 4.90 Å². The molecule has 0 aromatic heterocycles. The first-order valence-electron chi connectivity index (χ1n) is 13.7. The lowest BCUT2D eigenvalue weighted by atomic mass is 9.66. The van der Waals surface area contributed by atoms with Gasteiger partial charge in [-0.25, -0.2) is 0 Å². The number of halogens is 1. The number of allylic oxidation sites excluding steroid dienone is 1. The van der Waals surface area contributed by atoms with Crippen LogP contribution in [0, 0.1) is 18.8 Å². The lowest BCUT2D eigenvalue weighted by Crippen LogP contribution is -2.56. The number of hydrogen-bond acceptors (Lipinski definition) is 6. The Labute approximate surface area is 235 Å². The summed E-state index contributed by atoms with van der Waals surface area (Å²) >= 11 is 6.57. The number of aliphatic hydroxyl groups excluding tert-OH is 1. The first-order chi connectivity index (χ1) is 18.7. The van der Waals surface area contributed by atoms with Crippen LogP contribution in [0.15, 0.2) is 43.5 Å². The fourth-order valence-electron chi connectivity index (χ4n) is 6.73. The molecule has 2 amide bonds. The molecule has 3 aliphatic heterocycles. The van der Waals surface area contributed by atoms with Gasteiger partial charge in [0.05, 0.1) is 28.8 Å². The number of carbonyl (C=O) groups excluding carboxylic acids is 3. The molecule has 212 valence electrons. The number of nitrogens with zero attached hydrogens (tertiary/aromatic N) is 2. The first kappa shape index (κ1) is 29.3. The third-order valence-electron chi connectivity index (χ3n) is 8.40. The zero-order valence-corrected chi connectivity index (χ0v) is 23.6. The predicted octanol–water partition coefficient (Wildman–Crippen LogP) is 4.21. The molecule has 3 fully saturated rings. The highest BCUT2D eigenvalue weighted by molar-refractivity contribution is 6.34. The maximum atomic E-state index is 14.5. The Kier molecular flexibility index (Phi) is 8.88. The number of para-hydroxylation sites is 1. The summed E-state index contributed by atoms with van der Waals surface area (Å²) in [5.74, 6) is -2.78. The predicted molar refractivity (Wildman–Crippen MR) is 149 cm³/mol. The number of rotatable bonds is 13. The molecule has 1 aromatic rings. The Hall–Kier alpha value is -2.68. The molecule has 0 saturated carbocycles. The van der Waals surface area contributed by atoms with Crippen LogP contribution in [0.25, 0.3) is 0 Å². The minimum Gasteiger partial charge on any atom is -0.465 e. The van der Waals surface area contributed by atoms with Crippen LogP contribution in [-0.4, -0.2) is 71.3 Å². The third-order valence-corrected chi connectivity index (χ3v) is 8.71. The summed E-state index contributed by atoms with van der Waals surface area (Å²) in [6.07, 6.45) is 7.10. The van der Waals surface area contributed by atoms with Gasteiger partial charge in [0.25, 0.3) is 5.91 Å². The van der Waals surface area contributed by atoms with E-state index < -0.39 is 35.0 Å². The van der Waals surface area contributed by atoms with Crippen molar-refractivity contribution in [3.8, 4) is 0 Å². The summed E-state index contributed by atoms with van der Waals surface area (Å²) in [7, 11) is 0. The van der Waals surface area contributed by atoms with E-state index in [9.17, 15) is 19.5 Å². The molecule has 1 N–H and O–H groups in total. The van der Waals surface area contributed by atoms with E-state index in [0.29, 0.717) is 36.4 Å². The van der Waals surface area contributed by atoms with Crippen molar-refractivity contribution in [1.82, 2.24) is 4.90 Å². The molecule has 39 heavy (non-hydrogen) atoms. The van der Waals surface area contributed by atoms with Gasteiger partial charge in [-0.1, -0.05) is 35.9 Å². The molecule has 2 unspecified atom stereocenters. The van der Waals surface area contributed by atoms with Crippen molar-refractivity contribution in [3.63, 3.8) is 0 Å². The molecular weight excluding hydrogens is 520 g/mol. The fourth-order valence-corrected chi connectivity index (χ4v) is 7.05. The van der Waals surface area contributed by atoms with Crippen LogP contribution >= 0.6 is 11.6 Å². The summed E-state index contributed by atoms with van der Waals surface area (Å²) in [6, 6.07) is 4.42. The second-order valence-electron chi connectivity index (χ2n) is 10.9. The number of aliphatic hydroxyl groups is 1. The highest BCUT2D eigenvalue weighted by atomic mass is 35.5. The largest absolute Gasteiger partial charge is 0.465 e. The molecular formula is C30H39ClN2O6. The minimum atomic E-state index is -1.18. The quantitative estimate of drug-likeness (QED) is 0.221. The summed E-state index contributed by atoms with van der Waals surface area (Å²) < 4.78 is 12.3. The number of ether oxygens (including phenoxy) is 2. The average molecular weight is 559 g/mol. The molecule has 5 atom stereocenters. The zero-order valence-electron chi connectivity index (χ0n) is 22.9. The highest BCUT2D eigenvalue weighted by Crippen LogP contribution is 2.63. The summed E-state index contributed by atoms with van der Waals surface area (Å²) in [5.41, 5.74) is -0.740. The van der Waals surface area contributed by atoms with E-state index in [0.717, 1.165) is 18.4 Å². The van der Waals surface area contributed by atoms with Crippen LogP contribution in [0.2, 0.25) is 5.02 Å². The van der Waals surface area contributed by atoms with Gasteiger partial charge < -0.3 is 24.4 Å². The number of aryl methyl sites for hydroxylation is 1. The molecule has 9 heteroatoms. The summed E-state index contributed by atoms with van der Waals surface area (Å²) in [4.78, 5) is 45.0. The van der Waals surface area contributed by atoms with Gasteiger partial charge >= 0.3 is 5.97 Å². The third kappa shape index (κ3) is 5.03. The SMILES string of the molecule is C=CCCCCOC(=O)[C@H]1[C@H]2C(=O)N(CCCO)C(C(=O)N(CC=C)c3c(C)cccc3Cl)C23CC[C@]1(C)O3. The Morgan fingerprint density at radius 1 is 1.26 bits per heavy atom. The van der Waals surface area contributed by atoms with Crippen LogP contribution in [-0.2, 0) is 23.9 Å². The summed E-state index contributed by atoms with van der Waals surface area (Å²) in [6.45, 7) is 11.7. The van der Waals surface area contributed by atoms with Crippen molar-refractivity contribution in [2.45, 2.75) is 69.6 Å². The number of hydrogen-bond donors (Lipinski definition) is 1. The Bertz CT molecular complexity index is 1120. The lowest BCUT2D eigenvalue weighted by Gasteiger charge is -2.37. The zero-order chi connectivity index (χ0) is 28.4. The van der Waals surface area contributed by atoms with Crippen molar-refractivity contribution in [3.05, 3.63) is 54.1 Å². The average Bonchev–Trinajstić information content (AvgIpc) is 3.46. The number of unbranched alkanes of at least 4 members (excludes halogenated alkanes) is 2. The molecule has 4 rings (SSSR count). The maximum Gasteiger partial charge on any atom is 0.312 e. The molecule has 1 aromatic carbocycles. The van der Waals surface area contributed by atoms with E-state index in [2.05, 4.69) is 13.2 Å². The number of amides is 2. The smallest absolute Gasteiger partial charge is 0.312 e. The fraction of sp³-hybridized carbons (Fsp3) is 0.567. The van der Waals surface area contributed by atoms with E-state index in [1.54, 1.807) is 17.0 Å². The standard InChI is InChI=1S/C30H39ClN2O6/c1-5-7-8-9-19-38-28(37)23-22-26(35)33(17-11-18-34)25(30(22)15-14-29(23,4)39-30)27(36)32(16-6-2)24-20(3)12-10-13-21(24)31/h5-6,10,12-13,22-23,25,34H,1-2,7-9,11,14-19H2,3-4H3/t22-,23+,25?,29-,30?/m0/s1. The van der Waals surface area contributed by atoms with E-state index in [1.807, 2.05) is 32.1 Å². The number of anilines is 1. The highest BCUT2D eigenvalue weighted by Gasteiger charge is 2.78. The van der Waals surface area contributed by atoms with Crippen LogP contribution < -0.4 is 4.90 Å². The van der Waals surface area contributed by atoms with Gasteiger partial charge in [-0.3, -0.25) is 14.4 Å². The number of carbonyl (C=O) groups is 3. The van der Waals surface area contributed by atoms with Gasteiger partial charge in [0.15, 0.2) is 0 Å². The van der Waals surface area contributed by atoms with E-state index in [4.69, 9.17) is 21.1 Å². The van der Waals surface area contributed by atoms with Crippen molar-refractivity contribution >= 4 is 35.1 Å². The molecule has 2 bridgehead atoms. The molecule has 1 spiro atoms. The Morgan fingerprint density at radius 2 is 2.03 bits per heavy atom. The van der Waals surface area contributed by atoms with Crippen molar-refractivity contribution in [1.29, 1.82) is 0 Å². The van der Waals surface area contributed by atoms with Crippen LogP contribution in [0.3, 0.4) is 0 Å². The number of fused-ring (bicyclic) bond motifs is 1. The van der Waals surface area contributed by atoms with Gasteiger partial charge in [0, 0.05) is 19.7 Å². The molecule has 3 heterocycles. The van der Waals surface area contributed by atoms with Gasteiger partial charge in [-0.2, -0.15) is 0 Å². The van der Waals surface area contributed by atoms with Crippen LogP contribution in [0.4, 0.5) is 5.69 Å². The molecule has 3 aliphatic rings.